The maximum Gasteiger partial charge on any atom is 0.267 e. The summed E-state index contributed by atoms with van der Waals surface area (Å²) in [6.07, 6.45) is 0. The number of aromatic nitrogens is 2. The smallest absolute Gasteiger partial charge is 0.267 e. The first-order valence-electron chi connectivity index (χ1n) is 8.37. The number of amides is 1. The van der Waals surface area contributed by atoms with Crippen LogP contribution in [-0.4, -0.2) is 39.7 Å². The number of benzene rings is 1. The molecule has 0 saturated carbocycles. The molecular weight excluding hydrogens is 402 g/mol. The lowest BCUT2D eigenvalue weighted by molar-refractivity contribution is -0.127. The number of carbonyl (C=O) groups excluding carboxylic acids is 1. The van der Waals surface area contributed by atoms with E-state index >= 15 is 0 Å². The zero-order valence-electron chi connectivity index (χ0n) is 15.7. The van der Waals surface area contributed by atoms with Gasteiger partial charge in [0.25, 0.3) is 5.56 Å². The summed E-state index contributed by atoms with van der Waals surface area (Å²) >= 11 is 8.79. The van der Waals surface area contributed by atoms with Crippen LogP contribution in [0.15, 0.2) is 34.2 Å². The molecule has 2 aromatic heterocycles. The van der Waals surface area contributed by atoms with Gasteiger partial charge in [-0.2, -0.15) is 0 Å². The van der Waals surface area contributed by atoms with Crippen LogP contribution >= 0.6 is 34.7 Å². The summed E-state index contributed by atoms with van der Waals surface area (Å²) < 4.78 is 1.57. The van der Waals surface area contributed by atoms with Crippen molar-refractivity contribution in [3.8, 4) is 5.69 Å². The molecule has 0 bridgehead atoms. The van der Waals surface area contributed by atoms with E-state index in [1.807, 2.05) is 20.8 Å². The lowest BCUT2D eigenvalue weighted by Gasteiger charge is -2.18. The molecule has 1 unspecified atom stereocenters. The molecular formula is C19H20ClN3O2S2. The zero-order valence-corrected chi connectivity index (χ0v) is 18.1. The van der Waals surface area contributed by atoms with E-state index in [0.29, 0.717) is 26.1 Å². The fourth-order valence-corrected chi connectivity index (χ4v) is 5.01. The third-order valence-electron chi connectivity index (χ3n) is 4.33. The topological polar surface area (TPSA) is 55.2 Å². The molecule has 0 fully saturated rings. The summed E-state index contributed by atoms with van der Waals surface area (Å²) in [5, 5.41) is 1.35. The van der Waals surface area contributed by atoms with Crippen molar-refractivity contribution in [1.29, 1.82) is 0 Å². The van der Waals surface area contributed by atoms with Gasteiger partial charge in [-0.15, -0.1) is 11.3 Å². The molecule has 3 rings (SSSR count). The summed E-state index contributed by atoms with van der Waals surface area (Å²) in [5.41, 5.74) is 1.49. The Kier molecular flexibility index (Phi) is 5.65. The van der Waals surface area contributed by atoms with Crippen molar-refractivity contribution in [2.75, 3.05) is 14.1 Å². The minimum Gasteiger partial charge on any atom is -0.348 e. The highest BCUT2D eigenvalue weighted by atomic mass is 35.5. The maximum absolute atomic E-state index is 13.3. The average molecular weight is 422 g/mol. The van der Waals surface area contributed by atoms with Crippen LogP contribution in [0.2, 0.25) is 5.02 Å². The van der Waals surface area contributed by atoms with Crippen LogP contribution in [-0.2, 0) is 4.79 Å². The Balaban J connectivity index is 2.24. The van der Waals surface area contributed by atoms with Crippen molar-refractivity contribution >= 4 is 50.8 Å². The van der Waals surface area contributed by atoms with Gasteiger partial charge in [0.1, 0.15) is 4.83 Å². The van der Waals surface area contributed by atoms with E-state index in [4.69, 9.17) is 16.6 Å². The van der Waals surface area contributed by atoms with Gasteiger partial charge in [0.05, 0.1) is 16.3 Å². The molecule has 0 N–H and O–H groups in total. The van der Waals surface area contributed by atoms with Crippen molar-refractivity contribution in [2.45, 2.75) is 31.2 Å². The number of hydrogen-bond donors (Lipinski definition) is 0. The van der Waals surface area contributed by atoms with Gasteiger partial charge in [-0.25, -0.2) is 4.98 Å². The molecule has 142 valence electrons. The molecule has 2 heterocycles. The molecule has 3 aromatic rings. The van der Waals surface area contributed by atoms with Gasteiger partial charge < -0.3 is 4.90 Å². The molecule has 0 radical (unpaired) electrons. The predicted molar refractivity (Wildman–Crippen MR) is 114 cm³/mol. The van der Waals surface area contributed by atoms with Crippen LogP contribution in [0.1, 0.15) is 17.4 Å². The van der Waals surface area contributed by atoms with Crippen molar-refractivity contribution in [3.63, 3.8) is 0 Å². The minimum atomic E-state index is -0.370. The van der Waals surface area contributed by atoms with E-state index in [-0.39, 0.29) is 16.7 Å². The van der Waals surface area contributed by atoms with Crippen LogP contribution in [0, 0.1) is 13.8 Å². The van der Waals surface area contributed by atoms with Crippen LogP contribution in [0.5, 0.6) is 0 Å². The van der Waals surface area contributed by atoms with E-state index in [2.05, 4.69) is 0 Å². The summed E-state index contributed by atoms with van der Waals surface area (Å²) in [7, 11) is 3.43. The Morgan fingerprint density at radius 2 is 1.89 bits per heavy atom. The Hall–Kier alpha value is -1.83. The number of carbonyl (C=O) groups is 1. The first-order valence-corrected chi connectivity index (χ1v) is 10.4. The fraction of sp³-hybridized carbons (Fsp3) is 0.316. The largest absolute Gasteiger partial charge is 0.348 e. The number of rotatable bonds is 4. The van der Waals surface area contributed by atoms with Crippen molar-refractivity contribution in [3.05, 3.63) is 50.1 Å². The van der Waals surface area contributed by atoms with Gasteiger partial charge in [-0.3, -0.25) is 14.2 Å². The lowest BCUT2D eigenvalue weighted by Crippen LogP contribution is -2.30. The number of aryl methyl sites for hydroxylation is 2. The molecule has 1 atom stereocenters. The Labute approximate surface area is 171 Å². The second-order valence-corrected chi connectivity index (χ2v) is 9.42. The zero-order chi connectivity index (χ0) is 19.9. The van der Waals surface area contributed by atoms with E-state index in [9.17, 15) is 9.59 Å². The number of halogens is 1. The van der Waals surface area contributed by atoms with E-state index in [1.54, 1.807) is 47.8 Å². The second-order valence-electron chi connectivity index (χ2n) is 6.47. The number of nitrogens with zero attached hydrogens (tertiary/aromatic N) is 3. The standard InChI is InChI=1S/C19H20ClN3O2S2/c1-10-11(2)26-16-15(10)18(25)23(14-8-6-13(20)7-9-14)19(21-16)27-12(3)17(24)22(4)5/h6-9,12H,1-5H3. The third kappa shape index (κ3) is 3.77. The molecule has 27 heavy (non-hydrogen) atoms. The van der Waals surface area contributed by atoms with Crippen LogP contribution in [0.3, 0.4) is 0 Å². The number of hydrogen-bond acceptors (Lipinski definition) is 5. The van der Waals surface area contributed by atoms with Gasteiger partial charge in [0, 0.05) is 24.0 Å². The van der Waals surface area contributed by atoms with Gasteiger partial charge >= 0.3 is 0 Å². The van der Waals surface area contributed by atoms with Crippen LogP contribution in [0.25, 0.3) is 15.9 Å². The van der Waals surface area contributed by atoms with Crippen molar-refractivity contribution < 1.29 is 4.79 Å². The quantitative estimate of drug-likeness (QED) is 0.466. The Morgan fingerprint density at radius 3 is 2.48 bits per heavy atom. The molecule has 1 aromatic carbocycles. The molecule has 1 amide bonds. The number of thiophene rings is 1. The first kappa shape index (κ1) is 19.9. The highest BCUT2D eigenvalue weighted by Gasteiger charge is 2.23. The molecule has 0 aliphatic heterocycles. The highest BCUT2D eigenvalue weighted by Crippen LogP contribution is 2.31. The fourth-order valence-electron chi connectivity index (χ4n) is 2.74. The van der Waals surface area contributed by atoms with Crippen molar-refractivity contribution in [2.24, 2.45) is 0 Å². The summed E-state index contributed by atoms with van der Waals surface area (Å²) in [5.74, 6) is -0.0319. The average Bonchev–Trinajstić information content (AvgIpc) is 2.89. The monoisotopic (exact) mass is 421 g/mol. The molecule has 0 spiro atoms. The number of thioether (sulfide) groups is 1. The van der Waals surface area contributed by atoms with E-state index in [1.165, 1.54) is 23.1 Å². The third-order valence-corrected chi connectivity index (χ3v) is 6.72. The molecule has 8 heteroatoms. The Bertz CT molecular complexity index is 1070. The molecule has 0 aliphatic rings. The molecule has 0 aliphatic carbocycles. The SMILES string of the molecule is Cc1sc2nc(SC(C)C(=O)N(C)C)n(-c3ccc(Cl)cc3)c(=O)c2c1C. The Morgan fingerprint density at radius 1 is 1.26 bits per heavy atom. The molecule has 5 nitrogen and oxygen atoms in total. The summed E-state index contributed by atoms with van der Waals surface area (Å²) in [6, 6.07) is 7.05. The van der Waals surface area contributed by atoms with Gasteiger partial charge in [-0.05, 0) is 50.6 Å². The predicted octanol–water partition coefficient (Wildman–Crippen LogP) is 4.29. The van der Waals surface area contributed by atoms with Crippen LogP contribution in [0.4, 0.5) is 0 Å². The minimum absolute atomic E-state index is 0.0319. The van der Waals surface area contributed by atoms with Gasteiger partial charge in [-0.1, -0.05) is 23.4 Å². The normalized spacial score (nSPS) is 12.4. The molecule has 0 saturated heterocycles. The van der Waals surface area contributed by atoms with Gasteiger partial charge in [0.2, 0.25) is 5.91 Å². The number of fused-ring (bicyclic) bond motifs is 1. The highest BCUT2D eigenvalue weighted by molar-refractivity contribution is 8.00. The van der Waals surface area contributed by atoms with Gasteiger partial charge in [0.15, 0.2) is 5.16 Å². The summed E-state index contributed by atoms with van der Waals surface area (Å²) in [4.78, 5) is 33.7. The van der Waals surface area contributed by atoms with E-state index in [0.717, 1.165) is 10.4 Å². The maximum atomic E-state index is 13.3. The second kappa shape index (κ2) is 7.66. The van der Waals surface area contributed by atoms with Crippen LogP contribution < -0.4 is 5.56 Å². The lowest BCUT2D eigenvalue weighted by atomic mass is 10.2. The summed E-state index contributed by atoms with van der Waals surface area (Å²) in [6.45, 7) is 5.74. The van der Waals surface area contributed by atoms with Crippen molar-refractivity contribution in [1.82, 2.24) is 14.5 Å². The first-order chi connectivity index (χ1) is 12.7. The van der Waals surface area contributed by atoms with E-state index < -0.39 is 0 Å².